The normalized spacial score (nSPS) is 23.7. The highest BCUT2D eigenvalue weighted by atomic mass is 32.2. The molecule has 0 spiro atoms. The van der Waals surface area contributed by atoms with Gasteiger partial charge in [0.2, 0.25) is 5.72 Å². The van der Waals surface area contributed by atoms with E-state index in [1.165, 1.54) is 29.4 Å². The van der Waals surface area contributed by atoms with Crippen LogP contribution in [-0.2, 0) is 36.1 Å². The minimum absolute atomic E-state index is 0.0731. The van der Waals surface area contributed by atoms with Gasteiger partial charge in [0.25, 0.3) is 10.1 Å². The molecule has 1 saturated heterocycles. The Morgan fingerprint density at radius 1 is 1.08 bits per heavy atom. The number of hydrogen-bond donors (Lipinski definition) is 3. The smallest absolute Gasteiger partial charge is 0.297 e. The fourth-order valence-corrected chi connectivity index (χ4v) is 5.25. The van der Waals surface area contributed by atoms with E-state index < -0.39 is 40.8 Å². The average Bonchev–Trinajstić information content (AvgIpc) is 3.45. The largest absolute Gasteiger partial charge is 0.387 e. The van der Waals surface area contributed by atoms with Crippen LogP contribution in [0.1, 0.15) is 11.1 Å². The molecule has 200 valence electrons. The summed E-state index contributed by atoms with van der Waals surface area (Å²) in [6.45, 7) is 1.27. The molecule has 0 amide bonds. The number of ether oxygens (including phenoxy) is 2. The second-order valence-electron chi connectivity index (χ2n) is 9.01. The number of hydrogen-bond acceptors (Lipinski definition) is 11. The van der Waals surface area contributed by atoms with Gasteiger partial charge in [-0.1, -0.05) is 48.0 Å². The van der Waals surface area contributed by atoms with Gasteiger partial charge in [0, 0.05) is 0 Å². The van der Waals surface area contributed by atoms with E-state index in [9.17, 15) is 18.6 Å². The quantitative estimate of drug-likeness (QED) is 0.259. The molecule has 38 heavy (non-hydrogen) atoms. The Bertz CT molecular complexity index is 1510. The number of benzene rings is 2. The summed E-state index contributed by atoms with van der Waals surface area (Å²) in [7, 11) is -4.26. The Morgan fingerprint density at radius 2 is 1.82 bits per heavy atom. The van der Waals surface area contributed by atoms with Crippen molar-refractivity contribution in [2.45, 2.75) is 42.5 Å². The molecule has 12 nitrogen and oxygen atoms in total. The van der Waals surface area contributed by atoms with Gasteiger partial charge in [-0.25, -0.2) is 15.0 Å². The summed E-state index contributed by atoms with van der Waals surface area (Å²) in [6.07, 6.45) is -1.65. The summed E-state index contributed by atoms with van der Waals surface area (Å²) in [5.41, 5.74) is 6.14. The molecule has 0 aliphatic carbocycles. The van der Waals surface area contributed by atoms with Gasteiger partial charge in [0.1, 0.15) is 36.8 Å². The minimum atomic E-state index is -4.26. The maximum absolute atomic E-state index is 13.0. The number of rotatable bonds is 9. The molecule has 2 aromatic carbocycles. The van der Waals surface area contributed by atoms with Gasteiger partial charge in [-0.3, -0.25) is 8.75 Å². The first kappa shape index (κ1) is 26.2. The lowest BCUT2D eigenvalue weighted by Gasteiger charge is -2.33. The van der Waals surface area contributed by atoms with Crippen molar-refractivity contribution in [3.63, 3.8) is 0 Å². The van der Waals surface area contributed by atoms with Gasteiger partial charge in [-0.15, -0.1) is 0 Å². The fraction of sp³-hybridized carbons (Fsp3) is 0.320. The highest BCUT2D eigenvalue weighted by molar-refractivity contribution is 7.86. The highest BCUT2D eigenvalue weighted by Crippen LogP contribution is 2.39. The van der Waals surface area contributed by atoms with E-state index in [0.717, 1.165) is 11.1 Å². The van der Waals surface area contributed by atoms with Crippen LogP contribution in [0.3, 0.4) is 0 Å². The number of nitrogen functional groups attached to an aromatic ring is 1. The van der Waals surface area contributed by atoms with E-state index >= 15 is 0 Å². The van der Waals surface area contributed by atoms with Crippen LogP contribution in [0.25, 0.3) is 11.2 Å². The second-order valence-corrected chi connectivity index (χ2v) is 10.6. The van der Waals surface area contributed by atoms with Crippen LogP contribution in [0, 0.1) is 6.92 Å². The molecule has 4 atom stereocenters. The van der Waals surface area contributed by atoms with Gasteiger partial charge in [0.05, 0.1) is 24.4 Å². The van der Waals surface area contributed by atoms with Crippen molar-refractivity contribution in [3.05, 3.63) is 78.4 Å². The van der Waals surface area contributed by atoms with Crippen LogP contribution in [-0.4, -0.2) is 69.7 Å². The predicted octanol–water partition coefficient (Wildman–Crippen LogP) is 1.11. The van der Waals surface area contributed by atoms with Crippen LogP contribution >= 0.6 is 0 Å². The number of nitrogens with two attached hydrogens (primary N) is 1. The Labute approximate surface area is 218 Å². The highest BCUT2D eigenvalue weighted by Gasteiger charge is 2.57. The Kier molecular flexibility index (Phi) is 7.13. The number of nitrogens with zero attached hydrogens (tertiary/aromatic N) is 4. The predicted molar refractivity (Wildman–Crippen MR) is 135 cm³/mol. The van der Waals surface area contributed by atoms with Crippen molar-refractivity contribution in [2.75, 3.05) is 18.9 Å². The molecule has 1 fully saturated rings. The molecule has 0 radical (unpaired) electrons. The number of aliphatic hydroxyl groups excluding tert-OH is 2. The van der Waals surface area contributed by atoms with Crippen molar-refractivity contribution < 1.29 is 32.3 Å². The molecular weight excluding hydrogens is 514 g/mol. The molecule has 0 bridgehead atoms. The van der Waals surface area contributed by atoms with Crippen molar-refractivity contribution in [1.82, 2.24) is 19.5 Å². The van der Waals surface area contributed by atoms with Crippen molar-refractivity contribution in [3.8, 4) is 0 Å². The van der Waals surface area contributed by atoms with Crippen LogP contribution in [0.15, 0.2) is 72.1 Å². The summed E-state index contributed by atoms with van der Waals surface area (Å²) < 4.78 is 44.6. The lowest BCUT2D eigenvalue weighted by atomic mass is 10.0. The topological polar surface area (TPSA) is 172 Å². The zero-order valence-electron chi connectivity index (χ0n) is 20.4. The van der Waals surface area contributed by atoms with Gasteiger partial charge >= 0.3 is 0 Å². The third kappa shape index (κ3) is 4.87. The fourth-order valence-electron chi connectivity index (χ4n) is 4.32. The first-order valence-electron chi connectivity index (χ1n) is 11.8. The van der Waals surface area contributed by atoms with E-state index in [1.807, 2.05) is 37.3 Å². The monoisotopic (exact) mass is 541 g/mol. The van der Waals surface area contributed by atoms with E-state index in [0.29, 0.717) is 0 Å². The first-order chi connectivity index (χ1) is 18.2. The van der Waals surface area contributed by atoms with E-state index in [-0.39, 0.29) is 35.1 Å². The third-order valence-electron chi connectivity index (χ3n) is 6.42. The SMILES string of the molecule is Cc1ccc(S(=O)(=O)OC[C@@]2(n3cnc4c(N)ncnc43)O[C@H](COCc3ccccc3)[C@@H](O)[C@H]2O)cc1. The van der Waals surface area contributed by atoms with Gasteiger partial charge < -0.3 is 25.4 Å². The van der Waals surface area contributed by atoms with Gasteiger partial charge in [-0.05, 0) is 24.6 Å². The van der Waals surface area contributed by atoms with E-state index in [4.69, 9.17) is 19.4 Å². The number of anilines is 1. The van der Waals surface area contributed by atoms with Gasteiger partial charge in [-0.2, -0.15) is 8.42 Å². The molecule has 2 aromatic heterocycles. The van der Waals surface area contributed by atoms with Crippen molar-refractivity contribution >= 4 is 27.1 Å². The maximum atomic E-state index is 13.0. The molecule has 0 unspecified atom stereocenters. The Morgan fingerprint density at radius 3 is 2.55 bits per heavy atom. The molecule has 3 heterocycles. The minimum Gasteiger partial charge on any atom is -0.387 e. The molecule has 13 heteroatoms. The van der Waals surface area contributed by atoms with Crippen LogP contribution in [0.4, 0.5) is 5.82 Å². The van der Waals surface area contributed by atoms with E-state index in [2.05, 4.69) is 15.0 Å². The molecule has 0 saturated carbocycles. The Hall–Kier alpha value is -3.46. The zero-order chi connectivity index (χ0) is 26.9. The molecular formula is C25H27N5O7S. The number of aryl methyl sites for hydroxylation is 1. The molecule has 5 rings (SSSR count). The zero-order valence-corrected chi connectivity index (χ0v) is 21.2. The van der Waals surface area contributed by atoms with E-state index in [1.54, 1.807) is 12.1 Å². The summed E-state index contributed by atoms with van der Waals surface area (Å²) >= 11 is 0. The van der Waals surface area contributed by atoms with Crippen LogP contribution in [0.2, 0.25) is 0 Å². The number of imidazole rings is 1. The molecule has 4 N–H and O–H groups in total. The summed E-state index contributed by atoms with van der Waals surface area (Å²) in [6, 6.07) is 15.5. The number of fused-ring (bicyclic) bond motifs is 1. The second kappa shape index (κ2) is 10.4. The lowest BCUT2D eigenvalue weighted by Crippen LogP contribution is -2.49. The van der Waals surface area contributed by atoms with Crippen molar-refractivity contribution in [1.29, 1.82) is 0 Å². The van der Waals surface area contributed by atoms with Crippen LogP contribution < -0.4 is 5.73 Å². The third-order valence-corrected chi connectivity index (χ3v) is 7.69. The molecule has 1 aliphatic heterocycles. The van der Waals surface area contributed by atoms with Crippen molar-refractivity contribution in [2.24, 2.45) is 0 Å². The Balaban J connectivity index is 1.46. The summed E-state index contributed by atoms with van der Waals surface area (Å²) in [5, 5.41) is 22.2. The maximum Gasteiger partial charge on any atom is 0.297 e. The molecule has 4 aromatic rings. The standard InChI is InChI=1S/C25H27N5O7S/c1-16-7-9-18(10-8-16)38(33,34)36-13-25(30-15-29-20-23(26)27-14-28-24(20)30)22(32)21(31)19(37-25)12-35-11-17-5-3-2-4-6-17/h2-10,14-15,19,21-22,31-32H,11-13H2,1H3,(H2,26,27,28)/t19-,21-,22-,25-/m1/s1. The number of aliphatic hydroxyl groups is 2. The number of aromatic nitrogens is 4. The lowest BCUT2D eigenvalue weighted by molar-refractivity contribution is -0.167. The van der Waals surface area contributed by atoms with Gasteiger partial charge in [0.15, 0.2) is 11.5 Å². The first-order valence-corrected chi connectivity index (χ1v) is 13.2. The average molecular weight is 542 g/mol. The summed E-state index contributed by atoms with van der Waals surface area (Å²) in [5.74, 6) is 0.0767. The summed E-state index contributed by atoms with van der Waals surface area (Å²) in [4.78, 5) is 12.2. The van der Waals surface area contributed by atoms with Crippen LogP contribution in [0.5, 0.6) is 0 Å². The molecule has 1 aliphatic rings.